The number of fused-ring (bicyclic) bond motifs is 4. The van der Waals surface area contributed by atoms with Gasteiger partial charge < -0.3 is 0 Å². The molecular weight excluding hydrogens is 408 g/mol. The normalized spacial score (nSPS) is 17.9. The molecule has 0 saturated heterocycles. The maximum absolute atomic E-state index is 6.76. The van der Waals surface area contributed by atoms with Crippen LogP contribution in [0, 0.1) is 0 Å². The van der Waals surface area contributed by atoms with Crippen molar-refractivity contribution in [1.29, 1.82) is 0 Å². The van der Waals surface area contributed by atoms with Crippen molar-refractivity contribution in [3.05, 3.63) is 105 Å². The average Bonchev–Trinajstić information content (AvgIpc) is 3.14. The second kappa shape index (κ2) is 7.22. The van der Waals surface area contributed by atoms with Crippen molar-refractivity contribution in [3.8, 4) is 11.1 Å². The minimum atomic E-state index is -0.0718. The Morgan fingerprint density at radius 1 is 0.812 bits per heavy atom. The van der Waals surface area contributed by atoms with E-state index in [0.717, 1.165) is 11.4 Å². The summed E-state index contributed by atoms with van der Waals surface area (Å²) >= 11 is 6.76. The molecule has 5 rings (SSSR count). The quantitative estimate of drug-likeness (QED) is 0.382. The van der Waals surface area contributed by atoms with Gasteiger partial charge in [-0.15, -0.1) is 0 Å². The van der Waals surface area contributed by atoms with Crippen LogP contribution in [0.1, 0.15) is 75.8 Å². The van der Waals surface area contributed by atoms with Crippen LogP contribution in [0.2, 0.25) is 5.02 Å². The Morgan fingerprint density at radius 3 is 2.12 bits per heavy atom. The van der Waals surface area contributed by atoms with E-state index in [-0.39, 0.29) is 10.8 Å². The zero-order valence-electron chi connectivity index (χ0n) is 19.9. The van der Waals surface area contributed by atoms with E-state index in [4.69, 9.17) is 11.6 Å². The van der Waals surface area contributed by atoms with Crippen molar-refractivity contribution in [1.82, 2.24) is 0 Å². The number of rotatable bonds is 3. The van der Waals surface area contributed by atoms with Crippen LogP contribution in [-0.2, 0) is 10.8 Å². The van der Waals surface area contributed by atoms with Crippen molar-refractivity contribution in [2.24, 2.45) is 0 Å². The summed E-state index contributed by atoms with van der Waals surface area (Å²) in [6, 6.07) is 22.1. The fourth-order valence-corrected chi connectivity index (χ4v) is 6.42. The number of hydrogen-bond donors (Lipinski definition) is 0. The first kappa shape index (κ1) is 21.3. The van der Waals surface area contributed by atoms with Gasteiger partial charge in [-0.1, -0.05) is 100 Å². The zero-order valence-corrected chi connectivity index (χ0v) is 20.7. The van der Waals surface area contributed by atoms with Gasteiger partial charge >= 0.3 is 0 Å². The number of hydrogen-bond acceptors (Lipinski definition) is 0. The molecule has 3 aromatic carbocycles. The minimum Gasteiger partial charge on any atom is -0.0837 e. The Hall–Kier alpha value is -2.57. The van der Waals surface area contributed by atoms with Crippen LogP contribution in [0.5, 0.6) is 0 Å². The molecule has 0 amide bonds. The van der Waals surface area contributed by atoms with E-state index in [0.29, 0.717) is 0 Å². The summed E-state index contributed by atoms with van der Waals surface area (Å²) in [6.07, 6.45) is 3.32. The molecule has 2 aliphatic rings. The van der Waals surface area contributed by atoms with Crippen molar-refractivity contribution in [3.63, 3.8) is 0 Å². The maximum atomic E-state index is 6.76. The van der Waals surface area contributed by atoms with Crippen LogP contribution in [0.4, 0.5) is 0 Å². The molecule has 0 unspecified atom stereocenters. The van der Waals surface area contributed by atoms with Gasteiger partial charge in [0.25, 0.3) is 0 Å². The van der Waals surface area contributed by atoms with E-state index in [1.807, 2.05) is 6.07 Å². The second-order valence-corrected chi connectivity index (χ2v) is 10.5. The molecule has 0 bridgehead atoms. The Morgan fingerprint density at radius 2 is 1.47 bits per heavy atom. The number of benzene rings is 3. The molecule has 0 aliphatic heterocycles. The van der Waals surface area contributed by atoms with E-state index in [9.17, 15) is 0 Å². The van der Waals surface area contributed by atoms with Crippen molar-refractivity contribution in [2.45, 2.75) is 58.8 Å². The molecule has 2 aliphatic carbocycles. The highest BCUT2D eigenvalue weighted by Crippen LogP contribution is 2.58. The molecule has 0 N–H and O–H groups in total. The summed E-state index contributed by atoms with van der Waals surface area (Å²) in [6.45, 7) is 13.9. The molecule has 162 valence electrons. The number of halogens is 1. The summed E-state index contributed by atoms with van der Waals surface area (Å²) in [5, 5.41) is 0.854. The van der Waals surface area contributed by atoms with Crippen LogP contribution < -0.4 is 0 Å². The molecule has 0 saturated carbocycles. The zero-order chi connectivity index (χ0) is 22.8. The van der Waals surface area contributed by atoms with E-state index in [1.54, 1.807) is 0 Å². The van der Waals surface area contributed by atoms with Crippen molar-refractivity contribution in [2.75, 3.05) is 0 Å². The van der Waals surface area contributed by atoms with E-state index in [2.05, 4.69) is 102 Å². The highest BCUT2D eigenvalue weighted by molar-refractivity contribution is 6.34. The minimum absolute atomic E-state index is 0.0222. The first-order chi connectivity index (χ1) is 15.2. The van der Waals surface area contributed by atoms with Gasteiger partial charge in [0.05, 0.1) is 0 Å². The van der Waals surface area contributed by atoms with Gasteiger partial charge in [0.15, 0.2) is 0 Å². The highest BCUT2D eigenvalue weighted by atomic mass is 35.5. The lowest BCUT2D eigenvalue weighted by atomic mass is 9.78. The third kappa shape index (κ3) is 2.75. The lowest BCUT2D eigenvalue weighted by Gasteiger charge is -2.26. The molecule has 1 heteroatoms. The van der Waals surface area contributed by atoms with E-state index >= 15 is 0 Å². The van der Waals surface area contributed by atoms with Crippen molar-refractivity contribution < 1.29 is 0 Å². The molecule has 32 heavy (non-hydrogen) atoms. The van der Waals surface area contributed by atoms with Gasteiger partial charge in [0.2, 0.25) is 0 Å². The molecule has 0 fully saturated rings. The molecule has 0 radical (unpaired) electrons. The molecule has 0 nitrogen and oxygen atoms in total. The summed E-state index contributed by atoms with van der Waals surface area (Å²) in [5.74, 6) is 0. The summed E-state index contributed by atoms with van der Waals surface area (Å²) in [5.41, 5.74) is 13.5. The van der Waals surface area contributed by atoms with Crippen LogP contribution in [0.25, 0.3) is 22.3 Å². The predicted molar refractivity (Wildman–Crippen MR) is 139 cm³/mol. The smallest absolute Gasteiger partial charge is 0.0487 e. The van der Waals surface area contributed by atoms with Gasteiger partial charge in [0.1, 0.15) is 0 Å². The fraction of sp³-hybridized carbons (Fsp3) is 0.290. The lowest BCUT2D eigenvalue weighted by molar-refractivity contribution is 0.616. The maximum Gasteiger partial charge on any atom is 0.0487 e. The first-order valence-corrected chi connectivity index (χ1v) is 12.1. The molecule has 0 spiro atoms. The van der Waals surface area contributed by atoms with Gasteiger partial charge in [-0.3, -0.25) is 0 Å². The van der Waals surface area contributed by atoms with Crippen LogP contribution in [0.3, 0.4) is 0 Å². The van der Waals surface area contributed by atoms with Gasteiger partial charge in [-0.05, 0) is 76.1 Å². The van der Waals surface area contributed by atoms with Gasteiger partial charge in [0, 0.05) is 21.4 Å². The van der Waals surface area contributed by atoms with Gasteiger partial charge in [-0.2, -0.15) is 0 Å². The molecular formula is C31H31Cl. The molecule has 3 aromatic rings. The average molecular weight is 439 g/mol. The summed E-state index contributed by atoms with van der Waals surface area (Å²) < 4.78 is 0. The third-order valence-electron chi connectivity index (χ3n) is 7.78. The fourth-order valence-electron chi connectivity index (χ4n) is 6.15. The van der Waals surface area contributed by atoms with Crippen LogP contribution in [-0.4, -0.2) is 0 Å². The topological polar surface area (TPSA) is 0 Å². The molecule has 0 heterocycles. The van der Waals surface area contributed by atoms with Crippen LogP contribution in [0.15, 0.2) is 72.3 Å². The molecule has 0 aromatic heterocycles. The third-order valence-corrected chi connectivity index (χ3v) is 8.10. The Labute approximate surface area is 197 Å². The highest BCUT2D eigenvalue weighted by Gasteiger charge is 2.43. The van der Waals surface area contributed by atoms with Crippen LogP contribution >= 0.6 is 11.6 Å². The standard InChI is InChI=1S/C31H31Cl/c1-7-20(19-13-10-9-11-14-19)28-21-17-26-22(18-25(21)30(3,4)23(28)8-2)29-24(31(26,5)6)15-12-16-27(29)32/h7,9-18H,8H2,1-6H3/b20-7-. The first-order valence-electron chi connectivity index (χ1n) is 11.7. The largest absolute Gasteiger partial charge is 0.0837 e. The summed E-state index contributed by atoms with van der Waals surface area (Å²) in [4.78, 5) is 0. The Kier molecular flexibility index (Phi) is 4.80. The van der Waals surface area contributed by atoms with E-state index < -0.39 is 0 Å². The summed E-state index contributed by atoms with van der Waals surface area (Å²) in [7, 11) is 0. The van der Waals surface area contributed by atoms with E-state index in [1.165, 1.54) is 55.7 Å². The predicted octanol–water partition coefficient (Wildman–Crippen LogP) is 9.20. The second-order valence-electron chi connectivity index (χ2n) is 10.1. The Balaban J connectivity index is 1.82. The molecule has 0 atom stereocenters. The monoisotopic (exact) mass is 438 g/mol. The van der Waals surface area contributed by atoms with Gasteiger partial charge in [-0.25, -0.2) is 0 Å². The number of allylic oxidation sites excluding steroid dienone is 4. The lowest BCUT2D eigenvalue weighted by Crippen LogP contribution is -2.18. The van der Waals surface area contributed by atoms with Crippen molar-refractivity contribution >= 4 is 22.7 Å². The SMILES string of the molecule is C/C=C(\C1=C(CC)C(C)(C)c2cc3c(cc21)C(C)(C)c1cccc(Cl)c1-3)c1ccccc1. The Bertz CT molecular complexity index is 1300.